The second-order valence-electron chi connectivity index (χ2n) is 11.5. The first-order valence-corrected chi connectivity index (χ1v) is 16.0. The van der Waals surface area contributed by atoms with Gasteiger partial charge in [-0.1, -0.05) is 24.3 Å². The standard InChI is InChI=1S/C31H35F3N4O3S/c32-31(33,34)24-7-4-8-25(19-24)42(40,41)38-17-16-37-15-5-10-28(37)29(38)20-30(39)35-27-9-3-6-23-18-22(11-12-26(23)27)21-36-13-1-2-14-36/h4-5,7-8,10-12,15,18-19,27,29H,1-3,6,9,13-14,16-17,20-21H2,(H,35,39). The Morgan fingerprint density at radius 2 is 1.76 bits per heavy atom. The molecule has 3 aromatic rings. The van der Waals surface area contributed by atoms with E-state index >= 15 is 0 Å². The Kier molecular flexibility index (Phi) is 7.93. The number of rotatable bonds is 7. The van der Waals surface area contributed by atoms with E-state index in [1.807, 2.05) is 10.8 Å². The Balaban J connectivity index is 1.21. The number of aryl methyl sites for hydroxylation is 1. The fraction of sp³-hybridized carbons (Fsp3) is 0.452. The van der Waals surface area contributed by atoms with Crippen LogP contribution in [0.5, 0.6) is 0 Å². The first-order valence-electron chi connectivity index (χ1n) is 14.6. The van der Waals surface area contributed by atoms with Crippen molar-refractivity contribution in [2.75, 3.05) is 19.6 Å². The topological polar surface area (TPSA) is 74.6 Å². The summed E-state index contributed by atoms with van der Waals surface area (Å²) in [4.78, 5) is 15.5. The number of sulfonamides is 1. The van der Waals surface area contributed by atoms with Gasteiger partial charge in [0.1, 0.15) is 0 Å². The molecule has 1 amide bonds. The Labute approximate surface area is 244 Å². The zero-order chi connectivity index (χ0) is 29.5. The fourth-order valence-electron chi connectivity index (χ4n) is 6.65. The molecule has 2 aliphatic heterocycles. The van der Waals surface area contributed by atoms with Gasteiger partial charge in [-0.15, -0.1) is 0 Å². The normalized spacial score (nSPS) is 21.6. The van der Waals surface area contributed by atoms with Crippen LogP contribution in [0.1, 0.15) is 72.1 Å². The highest BCUT2D eigenvalue weighted by atomic mass is 32.2. The average molecular weight is 601 g/mol. The van der Waals surface area contributed by atoms with Gasteiger partial charge in [-0.05, 0) is 92.2 Å². The lowest BCUT2D eigenvalue weighted by atomic mass is 9.86. The Morgan fingerprint density at radius 1 is 0.952 bits per heavy atom. The Hall–Kier alpha value is -3.15. The predicted molar refractivity (Wildman–Crippen MR) is 152 cm³/mol. The highest BCUT2D eigenvalue weighted by Crippen LogP contribution is 2.37. The van der Waals surface area contributed by atoms with Crippen LogP contribution in [0.3, 0.4) is 0 Å². The Morgan fingerprint density at radius 3 is 2.55 bits per heavy atom. The maximum atomic E-state index is 13.7. The molecule has 0 bridgehead atoms. The van der Waals surface area contributed by atoms with Crippen molar-refractivity contribution in [2.45, 2.75) is 74.8 Å². The van der Waals surface area contributed by atoms with E-state index in [0.29, 0.717) is 18.3 Å². The van der Waals surface area contributed by atoms with E-state index in [9.17, 15) is 26.4 Å². The molecule has 42 heavy (non-hydrogen) atoms. The molecule has 11 heteroatoms. The molecule has 2 unspecified atom stereocenters. The van der Waals surface area contributed by atoms with Gasteiger partial charge in [0.15, 0.2) is 0 Å². The third-order valence-electron chi connectivity index (χ3n) is 8.72. The van der Waals surface area contributed by atoms with Crippen molar-refractivity contribution in [3.05, 3.63) is 88.7 Å². The zero-order valence-electron chi connectivity index (χ0n) is 23.3. The summed E-state index contributed by atoms with van der Waals surface area (Å²) < 4.78 is 70.6. The quantitative estimate of drug-likeness (QED) is 0.393. The van der Waals surface area contributed by atoms with Crippen LogP contribution in [0.25, 0.3) is 0 Å². The SMILES string of the molecule is O=C(CC1c2cccn2CCN1S(=O)(=O)c1cccc(C(F)(F)F)c1)NC1CCCc2cc(CN3CCCC3)ccc21. The molecule has 3 heterocycles. The van der Waals surface area contributed by atoms with E-state index in [0.717, 1.165) is 56.6 Å². The van der Waals surface area contributed by atoms with Gasteiger partial charge in [0, 0.05) is 37.9 Å². The van der Waals surface area contributed by atoms with E-state index in [4.69, 9.17) is 0 Å². The molecule has 7 nitrogen and oxygen atoms in total. The molecule has 6 rings (SSSR count). The number of nitrogens with zero attached hydrogens (tertiary/aromatic N) is 3. The van der Waals surface area contributed by atoms with E-state index < -0.39 is 32.7 Å². The van der Waals surface area contributed by atoms with Crippen LogP contribution in [0.2, 0.25) is 0 Å². The summed E-state index contributed by atoms with van der Waals surface area (Å²) in [6, 6.07) is 12.8. The zero-order valence-corrected chi connectivity index (χ0v) is 24.1. The summed E-state index contributed by atoms with van der Waals surface area (Å²) in [7, 11) is -4.32. The van der Waals surface area contributed by atoms with Crippen molar-refractivity contribution in [1.82, 2.24) is 19.1 Å². The van der Waals surface area contributed by atoms with E-state index in [-0.39, 0.29) is 24.9 Å². The van der Waals surface area contributed by atoms with Crippen molar-refractivity contribution < 1.29 is 26.4 Å². The lowest BCUT2D eigenvalue weighted by Gasteiger charge is -2.36. The van der Waals surface area contributed by atoms with Crippen LogP contribution in [0.4, 0.5) is 13.2 Å². The first-order chi connectivity index (χ1) is 20.1. The molecule has 2 aromatic carbocycles. The largest absolute Gasteiger partial charge is 0.416 e. The number of alkyl halides is 3. The van der Waals surface area contributed by atoms with Gasteiger partial charge < -0.3 is 9.88 Å². The third-order valence-corrected chi connectivity index (χ3v) is 10.6. The number of halogens is 3. The first kappa shape index (κ1) is 28.9. The van der Waals surface area contributed by atoms with Crippen molar-refractivity contribution in [3.8, 4) is 0 Å². The van der Waals surface area contributed by atoms with Crippen LogP contribution in [-0.4, -0.2) is 47.7 Å². The third kappa shape index (κ3) is 5.87. The van der Waals surface area contributed by atoms with Gasteiger partial charge in [-0.2, -0.15) is 17.5 Å². The minimum atomic E-state index is -4.67. The maximum Gasteiger partial charge on any atom is 0.416 e. The van der Waals surface area contributed by atoms with Gasteiger partial charge in [-0.3, -0.25) is 9.69 Å². The van der Waals surface area contributed by atoms with Gasteiger partial charge in [0.25, 0.3) is 0 Å². The minimum absolute atomic E-state index is 0.0459. The summed E-state index contributed by atoms with van der Waals surface area (Å²) in [6.07, 6.45) is 2.17. The molecular formula is C31H35F3N4O3S. The van der Waals surface area contributed by atoms with Crippen LogP contribution < -0.4 is 5.32 Å². The second-order valence-corrected chi connectivity index (χ2v) is 13.4. The number of fused-ring (bicyclic) bond motifs is 2. The van der Waals surface area contributed by atoms with Crippen molar-refractivity contribution >= 4 is 15.9 Å². The number of nitrogens with one attached hydrogen (secondary N) is 1. The van der Waals surface area contributed by atoms with E-state index in [1.165, 1.54) is 34.3 Å². The molecule has 2 atom stereocenters. The lowest BCUT2D eigenvalue weighted by Crippen LogP contribution is -2.44. The van der Waals surface area contributed by atoms with Crippen molar-refractivity contribution in [3.63, 3.8) is 0 Å². The Bertz CT molecular complexity index is 1560. The van der Waals surface area contributed by atoms with Gasteiger partial charge in [0.2, 0.25) is 15.9 Å². The molecule has 0 radical (unpaired) electrons. The molecule has 1 fully saturated rings. The number of benzene rings is 2. The lowest BCUT2D eigenvalue weighted by molar-refractivity contribution is -0.137. The number of aromatic nitrogens is 1. The predicted octanol–water partition coefficient (Wildman–Crippen LogP) is 5.43. The smallest absolute Gasteiger partial charge is 0.349 e. The molecule has 0 saturated carbocycles. The van der Waals surface area contributed by atoms with E-state index in [1.54, 1.807) is 12.1 Å². The van der Waals surface area contributed by atoms with Crippen molar-refractivity contribution in [2.24, 2.45) is 0 Å². The summed E-state index contributed by atoms with van der Waals surface area (Å²) in [5, 5.41) is 3.15. The molecule has 1 saturated heterocycles. The van der Waals surface area contributed by atoms with Gasteiger partial charge in [-0.25, -0.2) is 8.42 Å². The number of amides is 1. The molecule has 1 aromatic heterocycles. The molecule has 224 valence electrons. The maximum absolute atomic E-state index is 13.7. The summed E-state index contributed by atoms with van der Waals surface area (Å²) in [5.74, 6) is -0.294. The monoisotopic (exact) mass is 600 g/mol. The molecule has 1 aliphatic carbocycles. The number of carbonyl (C=O) groups excluding carboxylic acids is 1. The average Bonchev–Trinajstić information content (AvgIpc) is 3.65. The molecule has 0 spiro atoms. The van der Waals surface area contributed by atoms with Crippen LogP contribution in [-0.2, 0) is 40.5 Å². The van der Waals surface area contributed by atoms with Gasteiger partial charge in [0.05, 0.1) is 22.5 Å². The van der Waals surface area contributed by atoms with Crippen LogP contribution >= 0.6 is 0 Å². The summed E-state index contributed by atoms with van der Waals surface area (Å²) >= 11 is 0. The molecule has 1 N–H and O–H groups in total. The number of hydrogen-bond acceptors (Lipinski definition) is 4. The highest BCUT2D eigenvalue weighted by molar-refractivity contribution is 7.89. The summed E-state index contributed by atoms with van der Waals surface area (Å²) in [6.45, 7) is 3.57. The fourth-order valence-corrected chi connectivity index (χ4v) is 8.29. The van der Waals surface area contributed by atoms with E-state index in [2.05, 4.69) is 28.4 Å². The minimum Gasteiger partial charge on any atom is -0.349 e. The van der Waals surface area contributed by atoms with Crippen molar-refractivity contribution in [1.29, 1.82) is 0 Å². The number of likely N-dealkylation sites (tertiary alicyclic amines) is 1. The number of carbonyl (C=O) groups is 1. The number of hydrogen-bond donors (Lipinski definition) is 1. The second kappa shape index (κ2) is 11.5. The van der Waals surface area contributed by atoms with Crippen LogP contribution in [0.15, 0.2) is 65.7 Å². The molecular weight excluding hydrogens is 565 g/mol. The van der Waals surface area contributed by atoms with Crippen LogP contribution in [0, 0.1) is 0 Å². The highest BCUT2D eigenvalue weighted by Gasteiger charge is 2.39. The van der Waals surface area contributed by atoms with Gasteiger partial charge >= 0.3 is 6.18 Å². The summed E-state index contributed by atoms with van der Waals surface area (Å²) in [5.41, 5.74) is 3.23. The molecule has 3 aliphatic rings.